The van der Waals surface area contributed by atoms with Gasteiger partial charge in [-0.1, -0.05) is 24.3 Å². The second-order valence-corrected chi connectivity index (χ2v) is 5.62. The fourth-order valence-corrected chi connectivity index (χ4v) is 2.38. The normalized spacial score (nSPS) is 10.5. The molecule has 0 bridgehead atoms. The van der Waals surface area contributed by atoms with E-state index in [2.05, 4.69) is 15.3 Å². The van der Waals surface area contributed by atoms with Crippen LogP contribution >= 0.6 is 0 Å². The van der Waals surface area contributed by atoms with E-state index < -0.39 is 0 Å². The summed E-state index contributed by atoms with van der Waals surface area (Å²) in [5.74, 6) is -0.376. The molecule has 0 radical (unpaired) electrons. The molecule has 0 aliphatic rings. The summed E-state index contributed by atoms with van der Waals surface area (Å²) in [5, 5.41) is 2.77. The zero-order valence-electron chi connectivity index (χ0n) is 13.3. The Morgan fingerprint density at radius 3 is 2.58 bits per heavy atom. The third kappa shape index (κ3) is 3.78. The molecule has 0 fully saturated rings. The van der Waals surface area contributed by atoms with E-state index in [0.29, 0.717) is 6.54 Å². The van der Waals surface area contributed by atoms with E-state index in [1.807, 2.05) is 35.0 Å². The lowest BCUT2D eigenvalue weighted by Crippen LogP contribution is -2.29. The average molecular weight is 322 g/mol. The van der Waals surface area contributed by atoms with Crippen molar-refractivity contribution < 1.29 is 4.79 Å². The first-order valence-electron chi connectivity index (χ1n) is 7.63. The standard InChI is InChI=1S/C18H18N4O2/c1-13-2-7-16(18(24)21-13)17(23)20-10-14-3-5-15(6-4-14)11-22-9-8-19-12-22/h2-9,12H,10-11H2,1H3,(H,20,23)(H,21,24). The zero-order valence-corrected chi connectivity index (χ0v) is 13.3. The van der Waals surface area contributed by atoms with Crippen LogP contribution in [0.1, 0.15) is 27.2 Å². The number of hydrogen-bond acceptors (Lipinski definition) is 3. The lowest BCUT2D eigenvalue weighted by Gasteiger charge is -2.07. The van der Waals surface area contributed by atoms with Gasteiger partial charge in [-0.25, -0.2) is 4.98 Å². The van der Waals surface area contributed by atoms with Crippen molar-refractivity contribution in [2.24, 2.45) is 0 Å². The maximum atomic E-state index is 12.1. The first-order valence-corrected chi connectivity index (χ1v) is 7.63. The van der Waals surface area contributed by atoms with E-state index in [9.17, 15) is 9.59 Å². The number of pyridine rings is 1. The Kier molecular flexibility index (Phi) is 4.56. The molecule has 0 saturated carbocycles. The molecule has 2 heterocycles. The number of imidazole rings is 1. The van der Waals surface area contributed by atoms with Crippen LogP contribution in [0.5, 0.6) is 0 Å². The summed E-state index contributed by atoms with van der Waals surface area (Å²) >= 11 is 0. The highest BCUT2D eigenvalue weighted by molar-refractivity contribution is 5.93. The van der Waals surface area contributed by atoms with Crippen LogP contribution in [0.2, 0.25) is 0 Å². The van der Waals surface area contributed by atoms with Crippen LogP contribution < -0.4 is 10.9 Å². The zero-order chi connectivity index (χ0) is 16.9. The molecular weight excluding hydrogens is 304 g/mol. The lowest BCUT2D eigenvalue weighted by atomic mass is 10.1. The van der Waals surface area contributed by atoms with E-state index in [-0.39, 0.29) is 17.0 Å². The maximum absolute atomic E-state index is 12.1. The number of H-pyrrole nitrogens is 1. The molecule has 2 aromatic heterocycles. The number of carbonyl (C=O) groups excluding carboxylic acids is 1. The van der Waals surface area contributed by atoms with E-state index >= 15 is 0 Å². The smallest absolute Gasteiger partial charge is 0.260 e. The Bertz CT molecular complexity index is 880. The molecule has 0 unspecified atom stereocenters. The second kappa shape index (κ2) is 6.95. The topological polar surface area (TPSA) is 79.8 Å². The Labute approximate surface area is 139 Å². The Morgan fingerprint density at radius 1 is 1.17 bits per heavy atom. The molecular formula is C18H18N4O2. The van der Waals surface area contributed by atoms with Gasteiger partial charge in [0.2, 0.25) is 0 Å². The van der Waals surface area contributed by atoms with Crippen LogP contribution in [0.15, 0.2) is 59.9 Å². The summed E-state index contributed by atoms with van der Waals surface area (Å²) in [5.41, 5.74) is 2.60. The summed E-state index contributed by atoms with van der Waals surface area (Å²) in [6.07, 6.45) is 5.43. The number of aromatic nitrogens is 3. The van der Waals surface area contributed by atoms with Gasteiger partial charge < -0.3 is 14.9 Å². The number of benzene rings is 1. The predicted octanol–water partition coefficient (Wildman–Crippen LogP) is 1.86. The van der Waals surface area contributed by atoms with Crippen molar-refractivity contribution in [3.05, 3.63) is 87.9 Å². The largest absolute Gasteiger partial charge is 0.348 e. The molecule has 3 aromatic rings. The van der Waals surface area contributed by atoms with Crippen molar-refractivity contribution in [2.75, 3.05) is 0 Å². The van der Waals surface area contributed by atoms with Crippen LogP contribution in [-0.2, 0) is 13.1 Å². The van der Waals surface area contributed by atoms with Crippen molar-refractivity contribution in [3.8, 4) is 0 Å². The highest BCUT2D eigenvalue weighted by atomic mass is 16.2. The summed E-state index contributed by atoms with van der Waals surface area (Å²) in [6, 6.07) is 11.2. The molecule has 1 amide bonds. The molecule has 0 aliphatic carbocycles. The van der Waals surface area contributed by atoms with Gasteiger partial charge in [0, 0.05) is 31.2 Å². The number of aromatic amines is 1. The quantitative estimate of drug-likeness (QED) is 0.752. The van der Waals surface area contributed by atoms with Gasteiger partial charge in [0.1, 0.15) is 5.56 Å². The van der Waals surface area contributed by atoms with Gasteiger partial charge in [-0.15, -0.1) is 0 Å². The summed E-state index contributed by atoms with van der Waals surface area (Å²) < 4.78 is 1.99. The molecule has 1 aromatic carbocycles. The Balaban J connectivity index is 1.60. The summed E-state index contributed by atoms with van der Waals surface area (Å²) in [4.78, 5) is 30.5. The van der Waals surface area contributed by atoms with Gasteiger partial charge in [0.05, 0.1) is 6.33 Å². The molecule has 2 N–H and O–H groups in total. The lowest BCUT2D eigenvalue weighted by molar-refractivity contribution is 0.0949. The first-order chi connectivity index (χ1) is 11.6. The number of rotatable bonds is 5. The number of hydrogen-bond donors (Lipinski definition) is 2. The van der Waals surface area contributed by atoms with Crippen LogP contribution in [0.3, 0.4) is 0 Å². The molecule has 0 saturated heterocycles. The molecule has 6 heteroatoms. The van der Waals surface area contributed by atoms with E-state index in [1.165, 1.54) is 6.07 Å². The van der Waals surface area contributed by atoms with Gasteiger partial charge in [0.25, 0.3) is 11.5 Å². The van der Waals surface area contributed by atoms with E-state index in [1.54, 1.807) is 25.5 Å². The van der Waals surface area contributed by atoms with Crippen molar-refractivity contribution >= 4 is 5.91 Å². The fourth-order valence-electron chi connectivity index (χ4n) is 2.38. The highest BCUT2D eigenvalue weighted by Gasteiger charge is 2.09. The molecule has 122 valence electrons. The van der Waals surface area contributed by atoms with Crippen LogP contribution in [0, 0.1) is 6.92 Å². The van der Waals surface area contributed by atoms with Crippen LogP contribution in [0.4, 0.5) is 0 Å². The van der Waals surface area contributed by atoms with E-state index in [0.717, 1.165) is 23.4 Å². The summed E-state index contributed by atoms with van der Waals surface area (Å²) in [6.45, 7) is 2.90. The third-order valence-corrected chi connectivity index (χ3v) is 3.70. The number of carbonyl (C=O) groups is 1. The Morgan fingerprint density at radius 2 is 1.92 bits per heavy atom. The highest BCUT2D eigenvalue weighted by Crippen LogP contribution is 2.06. The average Bonchev–Trinajstić information content (AvgIpc) is 3.07. The third-order valence-electron chi connectivity index (χ3n) is 3.70. The molecule has 3 rings (SSSR count). The minimum atomic E-state index is -0.376. The van der Waals surface area contributed by atoms with E-state index in [4.69, 9.17) is 0 Å². The van der Waals surface area contributed by atoms with Gasteiger partial charge in [0.15, 0.2) is 0 Å². The van der Waals surface area contributed by atoms with Gasteiger partial charge >= 0.3 is 0 Å². The molecule has 0 spiro atoms. The molecule has 24 heavy (non-hydrogen) atoms. The SMILES string of the molecule is Cc1ccc(C(=O)NCc2ccc(Cn3ccnc3)cc2)c(=O)[nH]1. The predicted molar refractivity (Wildman–Crippen MR) is 90.7 cm³/mol. The molecule has 6 nitrogen and oxygen atoms in total. The maximum Gasteiger partial charge on any atom is 0.260 e. The first kappa shape index (κ1) is 15.7. The minimum absolute atomic E-state index is 0.123. The van der Waals surface area contributed by atoms with Crippen molar-refractivity contribution in [2.45, 2.75) is 20.0 Å². The second-order valence-electron chi connectivity index (χ2n) is 5.62. The van der Waals surface area contributed by atoms with Crippen molar-refractivity contribution in [1.82, 2.24) is 19.9 Å². The monoisotopic (exact) mass is 322 g/mol. The fraction of sp³-hybridized carbons (Fsp3) is 0.167. The molecule has 0 atom stereocenters. The van der Waals surface area contributed by atoms with Crippen molar-refractivity contribution in [1.29, 1.82) is 0 Å². The number of nitrogens with one attached hydrogen (secondary N) is 2. The minimum Gasteiger partial charge on any atom is -0.348 e. The van der Waals surface area contributed by atoms with Crippen LogP contribution in [-0.4, -0.2) is 20.4 Å². The number of nitrogens with zero attached hydrogens (tertiary/aromatic N) is 2. The van der Waals surface area contributed by atoms with Crippen LogP contribution in [0.25, 0.3) is 0 Å². The Hall–Kier alpha value is -3.15. The number of aryl methyl sites for hydroxylation is 1. The van der Waals surface area contributed by atoms with Gasteiger partial charge in [-0.05, 0) is 30.2 Å². The van der Waals surface area contributed by atoms with Gasteiger partial charge in [-0.2, -0.15) is 0 Å². The summed E-state index contributed by atoms with van der Waals surface area (Å²) in [7, 11) is 0. The van der Waals surface area contributed by atoms with Gasteiger partial charge in [-0.3, -0.25) is 9.59 Å². The number of amides is 1. The van der Waals surface area contributed by atoms with Crippen molar-refractivity contribution in [3.63, 3.8) is 0 Å². The molecule has 0 aliphatic heterocycles.